The molecule has 1 unspecified atom stereocenters. The number of aromatic amines is 1. The van der Waals surface area contributed by atoms with Crippen molar-refractivity contribution < 1.29 is 4.79 Å². The van der Waals surface area contributed by atoms with Gasteiger partial charge in [0.1, 0.15) is 5.01 Å². The van der Waals surface area contributed by atoms with Crippen LogP contribution in [0.15, 0.2) is 65.1 Å². The van der Waals surface area contributed by atoms with Crippen molar-refractivity contribution in [2.75, 3.05) is 5.75 Å². The van der Waals surface area contributed by atoms with Gasteiger partial charge in [-0.1, -0.05) is 54.2 Å². The number of Topliss-reactive ketones (excluding diaryl/α,β-unsaturated/α-hetero) is 1. The molecule has 5 nitrogen and oxygen atoms in total. The molecule has 0 spiro atoms. The number of benzene rings is 2. The predicted octanol–water partition coefficient (Wildman–Crippen LogP) is 4.65. The first kappa shape index (κ1) is 17.5. The van der Waals surface area contributed by atoms with E-state index in [1.807, 2.05) is 60.0 Å². The van der Waals surface area contributed by atoms with Crippen LogP contribution in [-0.4, -0.2) is 26.5 Å². The van der Waals surface area contributed by atoms with E-state index in [0.29, 0.717) is 10.2 Å². The minimum absolute atomic E-state index is 0.165. The van der Waals surface area contributed by atoms with E-state index >= 15 is 0 Å². The molecule has 4 rings (SSSR count). The van der Waals surface area contributed by atoms with E-state index in [9.17, 15) is 10.1 Å². The molecule has 2 aromatic heterocycles. The van der Waals surface area contributed by atoms with Gasteiger partial charge in [-0.2, -0.15) is 5.26 Å². The van der Waals surface area contributed by atoms with Gasteiger partial charge in [0, 0.05) is 10.9 Å². The maximum atomic E-state index is 12.6. The van der Waals surface area contributed by atoms with Crippen molar-refractivity contribution in [2.45, 2.75) is 11.1 Å². The summed E-state index contributed by atoms with van der Waals surface area (Å²) in [5.41, 5.74) is 3.54. The highest BCUT2D eigenvalue weighted by atomic mass is 32.2. The minimum Gasteiger partial charge on any atom is -0.333 e. The molecule has 0 aliphatic heterocycles. The Morgan fingerprint density at radius 2 is 1.93 bits per heavy atom. The minimum atomic E-state index is -0.857. The first-order chi connectivity index (χ1) is 13.2. The number of ketones is 1. The fraction of sp³-hybridized carbons (Fsp3) is 0.100. The van der Waals surface area contributed by atoms with Crippen LogP contribution in [-0.2, 0) is 4.79 Å². The van der Waals surface area contributed by atoms with E-state index in [-0.39, 0.29) is 11.5 Å². The Bertz CT molecular complexity index is 1090. The van der Waals surface area contributed by atoms with E-state index in [2.05, 4.69) is 21.0 Å². The normalized spacial score (nSPS) is 12.0. The number of thioether (sulfide) groups is 1. The van der Waals surface area contributed by atoms with E-state index < -0.39 is 5.92 Å². The van der Waals surface area contributed by atoms with Crippen molar-refractivity contribution in [3.63, 3.8) is 0 Å². The number of hydrogen-bond acceptors (Lipinski definition) is 6. The van der Waals surface area contributed by atoms with Crippen LogP contribution in [0.3, 0.4) is 0 Å². The van der Waals surface area contributed by atoms with Crippen LogP contribution >= 0.6 is 23.1 Å². The summed E-state index contributed by atoms with van der Waals surface area (Å²) in [6.07, 6.45) is 0. The van der Waals surface area contributed by atoms with Crippen molar-refractivity contribution in [3.05, 3.63) is 65.0 Å². The van der Waals surface area contributed by atoms with Crippen LogP contribution in [0.25, 0.3) is 22.3 Å². The first-order valence-corrected chi connectivity index (χ1v) is 10.1. The van der Waals surface area contributed by atoms with Gasteiger partial charge in [-0.25, -0.2) is 9.97 Å². The molecule has 2 heterocycles. The highest BCUT2D eigenvalue weighted by Crippen LogP contribution is 2.28. The van der Waals surface area contributed by atoms with Gasteiger partial charge in [0.25, 0.3) is 0 Å². The number of hydrogen-bond donors (Lipinski definition) is 1. The van der Waals surface area contributed by atoms with Gasteiger partial charge in [0.15, 0.2) is 16.9 Å². The molecular weight excluding hydrogens is 376 g/mol. The van der Waals surface area contributed by atoms with Gasteiger partial charge in [0.2, 0.25) is 0 Å². The number of nitrogens with one attached hydrogen (secondary N) is 1. The number of carbonyl (C=O) groups is 1. The summed E-state index contributed by atoms with van der Waals surface area (Å²) >= 11 is 2.65. The largest absolute Gasteiger partial charge is 0.333 e. The van der Waals surface area contributed by atoms with E-state index in [4.69, 9.17) is 0 Å². The third kappa shape index (κ3) is 3.77. The Hall–Kier alpha value is -2.95. The molecule has 0 aliphatic carbocycles. The van der Waals surface area contributed by atoms with Crippen LogP contribution in [0.4, 0.5) is 0 Å². The van der Waals surface area contributed by atoms with Gasteiger partial charge < -0.3 is 4.98 Å². The summed E-state index contributed by atoms with van der Waals surface area (Å²) in [7, 11) is 0. The average Bonchev–Trinajstić information content (AvgIpc) is 3.34. The predicted molar refractivity (Wildman–Crippen MR) is 108 cm³/mol. The molecule has 0 amide bonds. The molecular formula is C20H14N4OS2. The van der Waals surface area contributed by atoms with E-state index in [1.54, 1.807) is 0 Å². The smallest absolute Gasteiger partial charge is 0.167 e. The van der Waals surface area contributed by atoms with E-state index in [1.165, 1.54) is 23.1 Å². The number of imidazole rings is 1. The number of carbonyl (C=O) groups excluding carboxylic acids is 1. The lowest BCUT2D eigenvalue weighted by molar-refractivity contribution is -0.116. The van der Waals surface area contributed by atoms with Gasteiger partial charge in [-0.3, -0.25) is 4.79 Å². The Morgan fingerprint density at radius 1 is 1.15 bits per heavy atom. The summed E-state index contributed by atoms with van der Waals surface area (Å²) in [6.45, 7) is 0. The highest BCUT2D eigenvalue weighted by molar-refractivity contribution is 7.99. The Morgan fingerprint density at radius 3 is 2.70 bits per heavy atom. The molecule has 0 radical (unpaired) electrons. The van der Waals surface area contributed by atoms with E-state index in [0.717, 1.165) is 22.3 Å². The lowest BCUT2D eigenvalue weighted by Gasteiger charge is -2.03. The molecule has 0 saturated carbocycles. The zero-order valence-electron chi connectivity index (χ0n) is 14.1. The maximum absolute atomic E-state index is 12.6. The summed E-state index contributed by atoms with van der Waals surface area (Å²) in [5, 5.41) is 12.6. The number of rotatable bonds is 6. The molecule has 132 valence electrons. The van der Waals surface area contributed by atoms with Crippen LogP contribution in [0.1, 0.15) is 10.9 Å². The first-order valence-electron chi connectivity index (χ1n) is 8.25. The van der Waals surface area contributed by atoms with Gasteiger partial charge in [-0.05, 0) is 12.1 Å². The van der Waals surface area contributed by atoms with Gasteiger partial charge in [0.05, 0.1) is 28.5 Å². The zero-order chi connectivity index (χ0) is 18.6. The summed E-state index contributed by atoms with van der Waals surface area (Å²) in [6, 6.07) is 19.5. The number of aromatic nitrogens is 3. The second kappa shape index (κ2) is 7.74. The van der Waals surface area contributed by atoms with Crippen LogP contribution in [0.2, 0.25) is 0 Å². The van der Waals surface area contributed by atoms with Crippen molar-refractivity contribution in [1.29, 1.82) is 5.26 Å². The second-order valence-electron chi connectivity index (χ2n) is 5.81. The number of fused-ring (bicyclic) bond motifs is 1. The maximum Gasteiger partial charge on any atom is 0.167 e. The monoisotopic (exact) mass is 390 g/mol. The molecule has 27 heavy (non-hydrogen) atoms. The molecule has 0 aliphatic rings. The molecule has 7 heteroatoms. The molecule has 1 atom stereocenters. The Kier molecular flexibility index (Phi) is 5.01. The Balaban J connectivity index is 1.47. The molecule has 0 bridgehead atoms. The molecule has 0 saturated heterocycles. The molecule has 4 aromatic rings. The number of thiazole rings is 1. The van der Waals surface area contributed by atoms with Crippen molar-refractivity contribution in [2.24, 2.45) is 0 Å². The van der Waals surface area contributed by atoms with Crippen LogP contribution < -0.4 is 0 Å². The average molecular weight is 390 g/mol. The molecule has 2 aromatic carbocycles. The quantitative estimate of drug-likeness (QED) is 0.484. The summed E-state index contributed by atoms with van der Waals surface area (Å²) in [4.78, 5) is 24.7. The third-order valence-electron chi connectivity index (χ3n) is 4.01. The fourth-order valence-corrected chi connectivity index (χ4v) is 4.33. The number of para-hydroxylation sites is 2. The lowest BCUT2D eigenvalue weighted by atomic mass is 10.1. The van der Waals surface area contributed by atoms with Crippen molar-refractivity contribution in [3.8, 4) is 17.3 Å². The molecule has 0 fully saturated rings. The summed E-state index contributed by atoms with van der Waals surface area (Å²) in [5.74, 6) is -0.862. The lowest BCUT2D eigenvalue weighted by Crippen LogP contribution is -2.13. The third-order valence-corrected chi connectivity index (χ3v) is 5.81. The second-order valence-corrected chi connectivity index (χ2v) is 7.67. The SMILES string of the molecule is N#CC(C(=O)CSc1nc2ccccc2[nH]1)c1nc(-c2ccccc2)cs1. The summed E-state index contributed by atoms with van der Waals surface area (Å²) < 4.78 is 0. The van der Waals surface area contributed by atoms with Gasteiger partial charge in [-0.15, -0.1) is 11.3 Å². The Labute approximate surface area is 164 Å². The van der Waals surface area contributed by atoms with Crippen molar-refractivity contribution >= 4 is 39.9 Å². The van der Waals surface area contributed by atoms with Crippen LogP contribution in [0, 0.1) is 11.3 Å². The topological polar surface area (TPSA) is 82.4 Å². The van der Waals surface area contributed by atoms with Crippen LogP contribution in [0.5, 0.6) is 0 Å². The standard InChI is InChI=1S/C20H14N4OS2/c21-10-14(19-22-17(11-26-19)13-6-2-1-3-7-13)18(25)12-27-20-23-15-8-4-5-9-16(15)24-20/h1-9,11,14H,12H2,(H,23,24). The number of nitrogens with zero attached hydrogens (tertiary/aromatic N) is 3. The number of H-pyrrole nitrogens is 1. The molecule has 1 N–H and O–H groups in total. The fourth-order valence-electron chi connectivity index (χ4n) is 2.65. The van der Waals surface area contributed by atoms with Crippen molar-refractivity contribution in [1.82, 2.24) is 15.0 Å². The zero-order valence-corrected chi connectivity index (χ0v) is 15.8. The highest BCUT2D eigenvalue weighted by Gasteiger charge is 2.24. The number of nitriles is 1. The van der Waals surface area contributed by atoms with Gasteiger partial charge >= 0.3 is 0 Å².